The van der Waals surface area contributed by atoms with Gasteiger partial charge in [0.1, 0.15) is 0 Å². The molecule has 80 valence electrons. The Labute approximate surface area is 91.3 Å². The average molecular weight is 215 g/mol. The molecule has 0 spiro atoms. The largest absolute Gasteiger partial charge is 0.273 e. The van der Waals surface area contributed by atoms with Crippen molar-refractivity contribution in [2.45, 2.75) is 51.5 Å². The molecule has 1 heterocycles. The standard InChI is InChI=1S/C11H19ClN2/c1-3-5-11(12)7-6-10-8-13-14(4-2)9-10/h8-9,11H,3-7H2,1-2H3. The third kappa shape index (κ3) is 3.70. The zero-order chi connectivity index (χ0) is 10.4. The molecule has 0 aliphatic heterocycles. The Bertz CT molecular complexity index is 258. The van der Waals surface area contributed by atoms with Crippen molar-refractivity contribution in [3.8, 4) is 0 Å². The summed E-state index contributed by atoms with van der Waals surface area (Å²) in [6, 6.07) is 0. The summed E-state index contributed by atoms with van der Waals surface area (Å²) in [6.07, 6.45) is 8.44. The van der Waals surface area contributed by atoms with Gasteiger partial charge in [0, 0.05) is 18.1 Å². The van der Waals surface area contributed by atoms with Crippen LogP contribution in [0.4, 0.5) is 0 Å². The Balaban J connectivity index is 2.30. The van der Waals surface area contributed by atoms with Crippen LogP contribution in [0.5, 0.6) is 0 Å². The van der Waals surface area contributed by atoms with Crippen molar-refractivity contribution in [3.05, 3.63) is 18.0 Å². The molecule has 1 unspecified atom stereocenters. The van der Waals surface area contributed by atoms with Crippen molar-refractivity contribution in [1.29, 1.82) is 0 Å². The third-order valence-electron chi connectivity index (χ3n) is 2.36. The minimum absolute atomic E-state index is 0.324. The summed E-state index contributed by atoms with van der Waals surface area (Å²) >= 11 is 6.14. The lowest BCUT2D eigenvalue weighted by molar-refractivity contribution is 0.656. The molecule has 14 heavy (non-hydrogen) atoms. The van der Waals surface area contributed by atoms with Crippen LogP contribution in [0.15, 0.2) is 12.4 Å². The van der Waals surface area contributed by atoms with E-state index < -0.39 is 0 Å². The van der Waals surface area contributed by atoms with Gasteiger partial charge in [-0.15, -0.1) is 11.6 Å². The van der Waals surface area contributed by atoms with Gasteiger partial charge in [-0.2, -0.15) is 5.10 Å². The summed E-state index contributed by atoms with van der Waals surface area (Å²) < 4.78 is 1.96. The van der Waals surface area contributed by atoms with Crippen LogP contribution < -0.4 is 0 Å². The second-order valence-electron chi connectivity index (χ2n) is 3.63. The van der Waals surface area contributed by atoms with Crippen LogP contribution in [-0.4, -0.2) is 15.2 Å². The van der Waals surface area contributed by atoms with E-state index in [1.54, 1.807) is 0 Å². The molecule has 1 atom stereocenters. The molecule has 0 aliphatic carbocycles. The zero-order valence-corrected chi connectivity index (χ0v) is 9.80. The summed E-state index contributed by atoms with van der Waals surface area (Å²) in [5, 5.41) is 4.56. The van der Waals surface area contributed by atoms with Crippen LogP contribution in [0.25, 0.3) is 0 Å². The fraction of sp³-hybridized carbons (Fsp3) is 0.727. The van der Waals surface area contributed by atoms with Crippen LogP contribution in [0.3, 0.4) is 0 Å². The van der Waals surface area contributed by atoms with E-state index in [1.165, 1.54) is 12.0 Å². The van der Waals surface area contributed by atoms with Gasteiger partial charge in [-0.1, -0.05) is 13.3 Å². The van der Waals surface area contributed by atoms with E-state index in [0.29, 0.717) is 5.38 Å². The van der Waals surface area contributed by atoms with Crippen molar-refractivity contribution >= 4 is 11.6 Å². The summed E-state index contributed by atoms with van der Waals surface area (Å²) in [5.41, 5.74) is 1.30. The number of rotatable bonds is 6. The lowest BCUT2D eigenvalue weighted by Gasteiger charge is -2.05. The summed E-state index contributed by atoms with van der Waals surface area (Å²) in [5.74, 6) is 0. The SMILES string of the molecule is CCCC(Cl)CCc1cnn(CC)c1. The van der Waals surface area contributed by atoms with Gasteiger partial charge in [-0.25, -0.2) is 0 Å². The van der Waals surface area contributed by atoms with E-state index in [-0.39, 0.29) is 0 Å². The van der Waals surface area contributed by atoms with Gasteiger partial charge in [0.15, 0.2) is 0 Å². The van der Waals surface area contributed by atoms with Crippen LogP contribution >= 0.6 is 11.6 Å². The molecule has 0 fully saturated rings. The fourth-order valence-electron chi connectivity index (χ4n) is 1.49. The van der Waals surface area contributed by atoms with Gasteiger partial charge in [0.05, 0.1) is 6.20 Å². The Morgan fingerprint density at radius 3 is 2.79 bits per heavy atom. The van der Waals surface area contributed by atoms with E-state index in [0.717, 1.165) is 25.8 Å². The molecule has 0 amide bonds. The van der Waals surface area contributed by atoms with E-state index in [2.05, 4.69) is 25.1 Å². The molecule has 0 N–H and O–H groups in total. The lowest BCUT2D eigenvalue weighted by atomic mass is 10.1. The highest BCUT2D eigenvalue weighted by Gasteiger charge is 2.04. The molecule has 0 aromatic carbocycles. The van der Waals surface area contributed by atoms with Gasteiger partial charge in [-0.05, 0) is 31.7 Å². The van der Waals surface area contributed by atoms with Crippen LogP contribution in [-0.2, 0) is 13.0 Å². The number of hydrogen-bond acceptors (Lipinski definition) is 1. The number of hydrogen-bond donors (Lipinski definition) is 0. The van der Waals surface area contributed by atoms with Crippen LogP contribution in [0.1, 0.15) is 38.7 Å². The topological polar surface area (TPSA) is 17.8 Å². The highest BCUT2D eigenvalue weighted by Crippen LogP contribution is 2.13. The first-order valence-electron chi connectivity index (χ1n) is 5.41. The molecule has 0 saturated carbocycles. The Kier molecular flexibility index (Phi) is 5.02. The summed E-state index contributed by atoms with van der Waals surface area (Å²) in [7, 11) is 0. The number of aryl methyl sites for hydroxylation is 2. The summed E-state index contributed by atoms with van der Waals surface area (Å²) in [4.78, 5) is 0. The molecule has 1 rings (SSSR count). The minimum Gasteiger partial charge on any atom is -0.273 e. The number of alkyl halides is 1. The van der Waals surface area contributed by atoms with Gasteiger partial charge in [0.2, 0.25) is 0 Å². The minimum atomic E-state index is 0.324. The molecule has 3 heteroatoms. The average Bonchev–Trinajstić information content (AvgIpc) is 2.63. The van der Waals surface area contributed by atoms with Crippen molar-refractivity contribution in [2.75, 3.05) is 0 Å². The highest BCUT2D eigenvalue weighted by molar-refractivity contribution is 6.20. The number of aromatic nitrogens is 2. The van der Waals surface area contributed by atoms with Crippen molar-refractivity contribution in [3.63, 3.8) is 0 Å². The second-order valence-corrected chi connectivity index (χ2v) is 4.25. The predicted molar refractivity (Wildman–Crippen MR) is 60.8 cm³/mol. The van der Waals surface area contributed by atoms with Gasteiger partial charge < -0.3 is 0 Å². The second kappa shape index (κ2) is 6.07. The maximum Gasteiger partial charge on any atom is 0.0521 e. The van der Waals surface area contributed by atoms with Gasteiger partial charge >= 0.3 is 0 Å². The van der Waals surface area contributed by atoms with Crippen molar-refractivity contribution < 1.29 is 0 Å². The Hall–Kier alpha value is -0.500. The normalized spacial score (nSPS) is 13.1. The molecular formula is C11H19ClN2. The van der Waals surface area contributed by atoms with E-state index in [9.17, 15) is 0 Å². The highest BCUT2D eigenvalue weighted by atomic mass is 35.5. The molecule has 0 saturated heterocycles. The van der Waals surface area contributed by atoms with Crippen molar-refractivity contribution in [1.82, 2.24) is 9.78 Å². The van der Waals surface area contributed by atoms with E-state index in [1.807, 2.05) is 10.9 Å². The fourth-order valence-corrected chi connectivity index (χ4v) is 1.82. The Morgan fingerprint density at radius 2 is 2.21 bits per heavy atom. The van der Waals surface area contributed by atoms with E-state index >= 15 is 0 Å². The maximum absolute atomic E-state index is 6.14. The third-order valence-corrected chi connectivity index (χ3v) is 2.80. The van der Waals surface area contributed by atoms with Crippen molar-refractivity contribution in [2.24, 2.45) is 0 Å². The zero-order valence-electron chi connectivity index (χ0n) is 9.04. The number of halogens is 1. The lowest BCUT2D eigenvalue weighted by Crippen LogP contribution is -1.99. The summed E-state index contributed by atoms with van der Waals surface area (Å²) in [6.45, 7) is 5.21. The molecule has 0 bridgehead atoms. The van der Waals surface area contributed by atoms with E-state index in [4.69, 9.17) is 11.6 Å². The van der Waals surface area contributed by atoms with Crippen LogP contribution in [0.2, 0.25) is 0 Å². The molecular weight excluding hydrogens is 196 g/mol. The van der Waals surface area contributed by atoms with Gasteiger partial charge in [-0.3, -0.25) is 4.68 Å². The van der Waals surface area contributed by atoms with Gasteiger partial charge in [0.25, 0.3) is 0 Å². The first-order chi connectivity index (χ1) is 6.76. The number of nitrogens with zero attached hydrogens (tertiary/aromatic N) is 2. The molecule has 0 radical (unpaired) electrons. The quantitative estimate of drug-likeness (QED) is 0.665. The maximum atomic E-state index is 6.14. The first-order valence-corrected chi connectivity index (χ1v) is 5.85. The molecule has 1 aromatic heterocycles. The molecule has 1 aromatic rings. The predicted octanol–water partition coefficient (Wildman–Crippen LogP) is 3.24. The first kappa shape index (κ1) is 11.6. The van der Waals surface area contributed by atoms with Crippen LogP contribution in [0, 0.1) is 0 Å². The smallest absolute Gasteiger partial charge is 0.0521 e. The Morgan fingerprint density at radius 1 is 1.43 bits per heavy atom. The molecule has 2 nitrogen and oxygen atoms in total. The molecule has 0 aliphatic rings. The monoisotopic (exact) mass is 214 g/mol.